The highest BCUT2D eigenvalue weighted by atomic mass is 32.2. The molecule has 3 rings (SSSR count). The van der Waals surface area contributed by atoms with Gasteiger partial charge in [0.05, 0.1) is 0 Å². The molecule has 1 aromatic carbocycles. The summed E-state index contributed by atoms with van der Waals surface area (Å²) in [6.07, 6.45) is 8.56. The minimum atomic E-state index is 0.0305. The molecule has 0 aliphatic carbocycles. The van der Waals surface area contributed by atoms with Crippen molar-refractivity contribution >= 4 is 23.4 Å². The molecular formula is C19H20N4OS. The Labute approximate surface area is 151 Å². The van der Waals surface area contributed by atoms with Gasteiger partial charge in [0, 0.05) is 54.1 Å². The number of anilines is 1. The van der Waals surface area contributed by atoms with Crippen molar-refractivity contribution in [2.24, 2.45) is 0 Å². The Morgan fingerprint density at radius 1 is 1.12 bits per heavy atom. The first-order chi connectivity index (χ1) is 12.3. The minimum absolute atomic E-state index is 0.0305. The van der Waals surface area contributed by atoms with Gasteiger partial charge in [-0.15, -0.1) is 11.8 Å². The van der Waals surface area contributed by atoms with Crippen LogP contribution in [0.4, 0.5) is 5.69 Å². The molecule has 0 saturated carbocycles. The van der Waals surface area contributed by atoms with Gasteiger partial charge in [0.15, 0.2) is 0 Å². The Kier molecular flexibility index (Phi) is 6.23. The van der Waals surface area contributed by atoms with Gasteiger partial charge in [0.2, 0.25) is 5.91 Å². The zero-order chi connectivity index (χ0) is 17.3. The third-order valence-corrected chi connectivity index (χ3v) is 4.70. The van der Waals surface area contributed by atoms with Crippen LogP contribution >= 0.6 is 11.8 Å². The number of thioether (sulfide) groups is 1. The molecule has 0 aliphatic heterocycles. The van der Waals surface area contributed by atoms with Gasteiger partial charge in [-0.1, -0.05) is 6.07 Å². The molecule has 1 N–H and O–H groups in total. The van der Waals surface area contributed by atoms with Crippen molar-refractivity contribution in [1.82, 2.24) is 14.8 Å². The average Bonchev–Trinajstić information content (AvgIpc) is 3.15. The predicted octanol–water partition coefficient (Wildman–Crippen LogP) is 3.99. The van der Waals surface area contributed by atoms with Crippen LogP contribution in [-0.4, -0.2) is 20.7 Å². The van der Waals surface area contributed by atoms with Crippen molar-refractivity contribution in [3.8, 4) is 0 Å². The highest BCUT2D eigenvalue weighted by Crippen LogP contribution is 2.24. The summed E-state index contributed by atoms with van der Waals surface area (Å²) in [6.45, 7) is 0.754. The highest BCUT2D eigenvalue weighted by Gasteiger charge is 2.03. The smallest absolute Gasteiger partial charge is 0.224 e. The second-order valence-corrected chi connectivity index (χ2v) is 6.64. The molecule has 0 atom stereocenters. The van der Waals surface area contributed by atoms with E-state index >= 15 is 0 Å². The number of hydrogen-bond acceptors (Lipinski definition) is 4. The van der Waals surface area contributed by atoms with Gasteiger partial charge in [0.25, 0.3) is 0 Å². The van der Waals surface area contributed by atoms with Crippen molar-refractivity contribution in [1.29, 1.82) is 0 Å². The van der Waals surface area contributed by atoms with Gasteiger partial charge >= 0.3 is 0 Å². The van der Waals surface area contributed by atoms with Crippen LogP contribution in [0.2, 0.25) is 0 Å². The van der Waals surface area contributed by atoms with Gasteiger partial charge in [-0.25, -0.2) is 0 Å². The molecule has 0 aliphatic rings. The summed E-state index contributed by atoms with van der Waals surface area (Å²) in [5.74, 6) is 0.912. The summed E-state index contributed by atoms with van der Waals surface area (Å²) >= 11 is 1.75. The first kappa shape index (κ1) is 17.2. The van der Waals surface area contributed by atoms with E-state index in [2.05, 4.69) is 21.5 Å². The molecule has 0 saturated heterocycles. The molecule has 0 bridgehead atoms. The Bertz CT molecular complexity index is 773. The van der Waals surface area contributed by atoms with Crippen molar-refractivity contribution in [2.75, 3.05) is 5.32 Å². The van der Waals surface area contributed by atoms with E-state index in [1.54, 1.807) is 24.2 Å². The number of rotatable bonds is 8. The normalized spacial score (nSPS) is 10.6. The van der Waals surface area contributed by atoms with Crippen molar-refractivity contribution in [2.45, 2.75) is 30.0 Å². The number of aromatic nitrogens is 3. The van der Waals surface area contributed by atoms with E-state index in [1.165, 1.54) is 10.5 Å². The van der Waals surface area contributed by atoms with Gasteiger partial charge in [0.1, 0.15) is 0 Å². The zero-order valence-electron chi connectivity index (χ0n) is 13.8. The summed E-state index contributed by atoms with van der Waals surface area (Å²) in [5, 5.41) is 7.06. The number of amides is 1. The second kappa shape index (κ2) is 9.03. The summed E-state index contributed by atoms with van der Waals surface area (Å²) < 4.78 is 1.83. The number of nitrogens with zero attached hydrogens (tertiary/aromatic N) is 3. The molecule has 2 heterocycles. The molecule has 2 aromatic heterocycles. The fraction of sp³-hybridized carbons (Fsp3) is 0.211. The van der Waals surface area contributed by atoms with Crippen LogP contribution in [0, 0.1) is 0 Å². The maximum absolute atomic E-state index is 12.0. The minimum Gasteiger partial charge on any atom is -0.326 e. The lowest BCUT2D eigenvalue weighted by Gasteiger charge is -2.07. The highest BCUT2D eigenvalue weighted by molar-refractivity contribution is 7.98. The van der Waals surface area contributed by atoms with E-state index in [0.29, 0.717) is 6.42 Å². The molecule has 128 valence electrons. The van der Waals surface area contributed by atoms with E-state index in [0.717, 1.165) is 24.4 Å². The molecule has 0 unspecified atom stereocenters. The van der Waals surface area contributed by atoms with Crippen molar-refractivity contribution < 1.29 is 4.79 Å². The molecule has 6 heteroatoms. The number of hydrogen-bond donors (Lipinski definition) is 1. The molecule has 0 spiro atoms. The zero-order valence-corrected chi connectivity index (χ0v) is 14.7. The quantitative estimate of drug-likeness (QED) is 0.623. The second-order valence-electron chi connectivity index (χ2n) is 5.60. The number of benzene rings is 1. The molecular weight excluding hydrogens is 332 g/mol. The first-order valence-electron chi connectivity index (χ1n) is 8.19. The Morgan fingerprint density at radius 3 is 2.72 bits per heavy atom. The van der Waals surface area contributed by atoms with Crippen LogP contribution in [0.1, 0.15) is 18.4 Å². The maximum Gasteiger partial charge on any atom is 0.224 e. The fourth-order valence-electron chi connectivity index (χ4n) is 2.34. The number of pyridine rings is 1. The van der Waals surface area contributed by atoms with Crippen molar-refractivity contribution in [3.05, 3.63) is 72.8 Å². The van der Waals surface area contributed by atoms with Crippen LogP contribution in [0.5, 0.6) is 0 Å². The Hall–Kier alpha value is -2.60. The van der Waals surface area contributed by atoms with Gasteiger partial charge < -0.3 is 5.32 Å². The lowest BCUT2D eigenvalue weighted by atomic mass is 10.2. The van der Waals surface area contributed by atoms with Crippen molar-refractivity contribution in [3.63, 3.8) is 0 Å². The number of carbonyl (C=O) groups excluding carboxylic acids is 1. The average molecular weight is 352 g/mol. The van der Waals surface area contributed by atoms with Crippen LogP contribution in [0.15, 0.2) is 72.1 Å². The third kappa shape index (κ3) is 5.76. The van der Waals surface area contributed by atoms with Gasteiger partial charge in [-0.3, -0.25) is 14.5 Å². The maximum atomic E-state index is 12.0. The summed E-state index contributed by atoms with van der Waals surface area (Å²) in [5.41, 5.74) is 2.02. The number of carbonyl (C=O) groups is 1. The van der Waals surface area contributed by atoms with E-state index in [-0.39, 0.29) is 5.91 Å². The number of aryl methyl sites for hydroxylation is 1. The lowest BCUT2D eigenvalue weighted by Crippen LogP contribution is -2.12. The van der Waals surface area contributed by atoms with E-state index in [1.807, 2.05) is 53.5 Å². The molecule has 25 heavy (non-hydrogen) atoms. The summed E-state index contributed by atoms with van der Waals surface area (Å²) in [4.78, 5) is 17.3. The summed E-state index contributed by atoms with van der Waals surface area (Å²) in [7, 11) is 0. The van der Waals surface area contributed by atoms with E-state index < -0.39 is 0 Å². The predicted molar refractivity (Wildman–Crippen MR) is 100 cm³/mol. The largest absolute Gasteiger partial charge is 0.326 e. The lowest BCUT2D eigenvalue weighted by molar-refractivity contribution is -0.116. The molecule has 0 fully saturated rings. The molecule has 3 aromatic rings. The standard InChI is InChI=1S/C19H20N4OS/c24-19(5-2-12-23-13-3-11-21-23)22-17-6-8-18(9-7-17)25-15-16-4-1-10-20-14-16/h1,3-4,6-11,13-14H,2,5,12,15H2,(H,22,24). The van der Waals surface area contributed by atoms with E-state index in [9.17, 15) is 4.79 Å². The van der Waals surface area contributed by atoms with E-state index in [4.69, 9.17) is 0 Å². The number of nitrogens with one attached hydrogen (secondary N) is 1. The van der Waals surface area contributed by atoms with Gasteiger partial charge in [-0.05, 0) is 48.4 Å². The van der Waals surface area contributed by atoms with Crippen LogP contribution in [-0.2, 0) is 17.1 Å². The van der Waals surface area contributed by atoms with Crippen LogP contribution in [0.25, 0.3) is 0 Å². The molecule has 5 nitrogen and oxygen atoms in total. The molecule has 1 amide bonds. The first-order valence-corrected chi connectivity index (χ1v) is 9.17. The van der Waals surface area contributed by atoms with Crippen LogP contribution < -0.4 is 5.32 Å². The topological polar surface area (TPSA) is 59.8 Å². The molecule has 0 radical (unpaired) electrons. The Balaban J connectivity index is 1.41. The monoisotopic (exact) mass is 352 g/mol. The fourth-order valence-corrected chi connectivity index (χ4v) is 3.18. The SMILES string of the molecule is O=C(CCCn1cccn1)Nc1ccc(SCc2cccnc2)cc1. The third-order valence-electron chi connectivity index (χ3n) is 3.62. The summed E-state index contributed by atoms with van der Waals surface area (Å²) in [6, 6.07) is 13.8. The van der Waals surface area contributed by atoms with Crippen LogP contribution in [0.3, 0.4) is 0 Å². The van der Waals surface area contributed by atoms with Gasteiger partial charge in [-0.2, -0.15) is 5.10 Å². The Morgan fingerprint density at radius 2 is 2.00 bits per heavy atom.